The van der Waals surface area contributed by atoms with E-state index in [1.165, 1.54) is 6.92 Å². The molecule has 0 aliphatic rings. The first-order chi connectivity index (χ1) is 7.17. The number of aliphatic hydroxyl groups is 1. The number of amides is 1. The lowest BCUT2D eigenvalue weighted by atomic mass is 10.1. The Balaban J connectivity index is 4.20. The third-order valence-electron chi connectivity index (χ3n) is 1.88. The highest BCUT2D eigenvalue weighted by Gasteiger charge is 2.24. The maximum Gasteiger partial charge on any atom is 0.408 e. The van der Waals surface area contributed by atoms with E-state index >= 15 is 0 Å². The highest BCUT2D eigenvalue weighted by atomic mass is 16.6. The van der Waals surface area contributed by atoms with Crippen LogP contribution in [0.2, 0.25) is 0 Å². The SMILES string of the molecule is CCC(O)C(=O)[C@H](C)NC(=O)OC(C)(C)C. The lowest BCUT2D eigenvalue weighted by Crippen LogP contribution is -2.45. The molecular formula is C11H21NO4. The van der Waals surface area contributed by atoms with Crippen LogP contribution in [0.4, 0.5) is 4.79 Å². The molecule has 0 aliphatic heterocycles. The molecule has 16 heavy (non-hydrogen) atoms. The summed E-state index contributed by atoms with van der Waals surface area (Å²) in [6.07, 6.45) is -1.36. The molecule has 5 nitrogen and oxygen atoms in total. The first-order valence-corrected chi connectivity index (χ1v) is 5.38. The van der Waals surface area contributed by atoms with Crippen molar-refractivity contribution in [1.29, 1.82) is 0 Å². The summed E-state index contributed by atoms with van der Waals surface area (Å²) < 4.78 is 4.99. The van der Waals surface area contributed by atoms with Crippen molar-refractivity contribution in [3.63, 3.8) is 0 Å². The van der Waals surface area contributed by atoms with Gasteiger partial charge in [0.1, 0.15) is 11.7 Å². The number of nitrogens with one attached hydrogen (secondary N) is 1. The van der Waals surface area contributed by atoms with Crippen molar-refractivity contribution < 1.29 is 19.4 Å². The van der Waals surface area contributed by atoms with Crippen LogP contribution >= 0.6 is 0 Å². The molecule has 0 spiro atoms. The number of hydrogen-bond donors (Lipinski definition) is 2. The Bertz CT molecular complexity index is 257. The van der Waals surface area contributed by atoms with E-state index in [1.54, 1.807) is 27.7 Å². The minimum Gasteiger partial charge on any atom is -0.444 e. The van der Waals surface area contributed by atoms with Gasteiger partial charge in [-0.3, -0.25) is 4.79 Å². The average Bonchev–Trinajstić information content (AvgIpc) is 2.12. The van der Waals surface area contributed by atoms with Gasteiger partial charge in [0.15, 0.2) is 5.78 Å². The van der Waals surface area contributed by atoms with E-state index in [0.29, 0.717) is 6.42 Å². The molecule has 2 N–H and O–H groups in total. The van der Waals surface area contributed by atoms with Gasteiger partial charge >= 0.3 is 6.09 Å². The summed E-state index contributed by atoms with van der Waals surface area (Å²) in [6.45, 7) is 8.42. The second-order valence-electron chi connectivity index (χ2n) is 4.69. The number of carbonyl (C=O) groups is 2. The van der Waals surface area contributed by atoms with E-state index in [2.05, 4.69) is 5.32 Å². The molecule has 0 radical (unpaired) electrons. The quantitative estimate of drug-likeness (QED) is 0.763. The molecule has 0 rings (SSSR count). The van der Waals surface area contributed by atoms with Gasteiger partial charge in [-0.1, -0.05) is 6.92 Å². The fraction of sp³-hybridized carbons (Fsp3) is 0.818. The van der Waals surface area contributed by atoms with Crippen molar-refractivity contribution in [3.8, 4) is 0 Å². The molecule has 0 bridgehead atoms. The van der Waals surface area contributed by atoms with Crippen LogP contribution in [0.5, 0.6) is 0 Å². The fourth-order valence-corrected chi connectivity index (χ4v) is 1.05. The summed E-state index contributed by atoms with van der Waals surface area (Å²) in [5.41, 5.74) is -0.601. The lowest BCUT2D eigenvalue weighted by molar-refractivity contribution is -0.128. The van der Waals surface area contributed by atoms with Crippen LogP contribution in [0.3, 0.4) is 0 Å². The van der Waals surface area contributed by atoms with Gasteiger partial charge in [-0.15, -0.1) is 0 Å². The van der Waals surface area contributed by atoms with Crippen molar-refractivity contribution in [2.75, 3.05) is 0 Å². The monoisotopic (exact) mass is 231 g/mol. The van der Waals surface area contributed by atoms with Gasteiger partial charge in [-0.25, -0.2) is 4.79 Å². The second-order valence-corrected chi connectivity index (χ2v) is 4.69. The van der Waals surface area contributed by atoms with Crippen molar-refractivity contribution in [2.45, 2.75) is 58.8 Å². The van der Waals surface area contributed by atoms with Gasteiger partial charge in [-0.05, 0) is 34.1 Å². The number of alkyl carbamates (subject to hydrolysis) is 1. The van der Waals surface area contributed by atoms with Gasteiger partial charge in [0.05, 0.1) is 6.04 Å². The smallest absolute Gasteiger partial charge is 0.408 e. The van der Waals surface area contributed by atoms with Crippen LogP contribution in [-0.2, 0) is 9.53 Å². The Morgan fingerprint density at radius 2 is 1.88 bits per heavy atom. The highest BCUT2D eigenvalue weighted by Crippen LogP contribution is 2.07. The molecule has 0 saturated heterocycles. The molecule has 0 fully saturated rings. The summed E-state index contributed by atoms with van der Waals surface area (Å²) >= 11 is 0. The van der Waals surface area contributed by atoms with E-state index in [9.17, 15) is 14.7 Å². The van der Waals surface area contributed by atoms with E-state index in [1.807, 2.05) is 0 Å². The highest BCUT2D eigenvalue weighted by molar-refractivity contribution is 5.90. The number of Topliss-reactive ketones (excluding diaryl/α,β-unsaturated/α-hetero) is 1. The minimum atomic E-state index is -1.04. The Morgan fingerprint density at radius 3 is 2.25 bits per heavy atom. The molecule has 94 valence electrons. The van der Waals surface area contributed by atoms with E-state index in [-0.39, 0.29) is 0 Å². The topological polar surface area (TPSA) is 75.6 Å². The van der Waals surface area contributed by atoms with Gasteiger partial charge < -0.3 is 15.2 Å². The number of aliphatic hydroxyl groups excluding tert-OH is 1. The standard InChI is InChI=1S/C11H21NO4/c1-6-8(13)9(14)7(2)12-10(15)16-11(3,4)5/h7-8,13H,6H2,1-5H3,(H,12,15)/t7-,8?/m0/s1. The van der Waals surface area contributed by atoms with Gasteiger partial charge in [0, 0.05) is 0 Å². The zero-order valence-electron chi connectivity index (χ0n) is 10.5. The molecule has 5 heteroatoms. The molecule has 0 heterocycles. The maximum atomic E-state index is 11.5. The summed E-state index contributed by atoms with van der Waals surface area (Å²) in [5, 5.41) is 11.7. The second kappa shape index (κ2) is 5.84. The number of hydrogen-bond acceptors (Lipinski definition) is 4. The van der Waals surface area contributed by atoms with Crippen LogP contribution in [0.25, 0.3) is 0 Å². The number of ketones is 1. The number of rotatable bonds is 4. The molecule has 0 aromatic heterocycles. The Hall–Kier alpha value is -1.10. The molecule has 1 amide bonds. The Kier molecular flexibility index (Phi) is 5.44. The molecule has 0 aromatic carbocycles. The number of ether oxygens (including phenoxy) is 1. The molecular weight excluding hydrogens is 210 g/mol. The third-order valence-corrected chi connectivity index (χ3v) is 1.88. The molecule has 2 atom stereocenters. The molecule has 0 saturated carbocycles. The van der Waals surface area contributed by atoms with Crippen LogP contribution in [0.15, 0.2) is 0 Å². The first-order valence-electron chi connectivity index (χ1n) is 5.38. The van der Waals surface area contributed by atoms with Crippen molar-refractivity contribution in [3.05, 3.63) is 0 Å². The van der Waals surface area contributed by atoms with Crippen LogP contribution in [0.1, 0.15) is 41.0 Å². The number of carbonyl (C=O) groups excluding carboxylic acids is 2. The summed E-state index contributed by atoms with van der Waals surface area (Å²) in [4.78, 5) is 22.8. The molecule has 1 unspecified atom stereocenters. The van der Waals surface area contributed by atoms with Crippen molar-refractivity contribution in [1.82, 2.24) is 5.32 Å². The van der Waals surface area contributed by atoms with Crippen LogP contribution in [0, 0.1) is 0 Å². The third kappa shape index (κ3) is 5.70. The van der Waals surface area contributed by atoms with Crippen molar-refractivity contribution in [2.24, 2.45) is 0 Å². The average molecular weight is 231 g/mol. The largest absolute Gasteiger partial charge is 0.444 e. The zero-order chi connectivity index (χ0) is 12.9. The lowest BCUT2D eigenvalue weighted by Gasteiger charge is -2.22. The summed E-state index contributed by atoms with van der Waals surface area (Å²) in [6, 6.07) is -0.746. The van der Waals surface area contributed by atoms with E-state index in [4.69, 9.17) is 4.74 Å². The fourth-order valence-electron chi connectivity index (χ4n) is 1.05. The normalized spacial score (nSPS) is 15.1. The predicted molar refractivity (Wildman–Crippen MR) is 60.1 cm³/mol. The van der Waals surface area contributed by atoms with E-state index in [0.717, 1.165) is 0 Å². The van der Waals surface area contributed by atoms with Crippen LogP contribution < -0.4 is 5.32 Å². The summed E-state index contributed by atoms with van der Waals surface area (Å²) in [7, 11) is 0. The minimum absolute atomic E-state index is 0.333. The van der Waals surface area contributed by atoms with Crippen molar-refractivity contribution >= 4 is 11.9 Å². The predicted octanol–water partition coefficient (Wildman–Crippen LogP) is 1.24. The van der Waals surface area contributed by atoms with Gasteiger partial charge in [0.25, 0.3) is 0 Å². The van der Waals surface area contributed by atoms with Crippen LogP contribution in [-0.4, -0.2) is 34.7 Å². The van der Waals surface area contributed by atoms with Gasteiger partial charge in [-0.2, -0.15) is 0 Å². The Morgan fingerprint density at radius 1 is 1.38 bits per heavy atom. The van der Waals surface area contributed by atoms with E-state index < -0.39 is 29.6 Å². The first kappa shape index (κ1) is 14.9. The van der Waals surface area contributed by atoms with Gasteiger partial charge in [0.2, 0.25) is 0 Å². The molecule has 0 aliphatic carbocycles. The maximum absolute atomic E-state index is 11.5. The summed E-state index contributed by atoms with van der Waals surface area (Å²) in [5.74, 6) is -0.409. The Labute approximate surface area is 96.2 Å². The molecule has 0 aromatic rings. The zero-order valence-corrected chi connectivity index (χ0v) is 10.5.